The van der Waals surface area contributed by atoms with E-state index in [1.54, 1.807) is 53.1 Å². The maximum Gasteiger partial charge on any atom is 0.344 e. The Morgan fingerprint density at radius 1 is 1.13 bits per heavy atom. The van der Waals surface area contributed by atoms with Gasteiger partial charge in [-0.15, -0.1) is 0 Å². The van der Waals surface area contributed by atoms with Crippen molar-refractivity contribution in [1.82, 2.24) is 4.98 Å². The number of esters is 2. The summed E-state index contributed by atoms with van der Waals surface area (Å²) in [5.74, 6) is -0.126. The summed E-state index contributed by atoms with van der Waals surface area (Å²) in [5, 5.41) is 2.89. The van der Waals surface area contributed by atoms with Crippen molar-refractivity contribution in [3.63, 3.8) is 0 Å². The van der Waals surface area contributed by atoms with Crippen LogP contribution in [0.15, 0.2) is 36.5 Å². The lowest BCUT2D eigenvalue weighted by Crippen LogP contribution is -2.26. The number of carbonyl (C=O) groups is 2. The maximum absolute atomic E-state index is 12.7. The topological polar surface area (TPSA) is 86.8 Å². The SMILES string of the molecule is CC.CNc1ncc(C)c(COC(=O)COc2ccccc2)c1C(=O)OC(C)(C)C.[HH]. The Morgan fingerprint density at radius 2 is 1.77 bits per heavy atom. The van der Waals surface area contributed by atoms with Crippen LogP contribution in [0, 0.1) is 6.92 Å². The van der Waals surface area contributed by atoms with Gasteiger partial charge in [-0.3, -0.25) is 0 Å². The van der Waals surface area contributed by atoms with Crippen molar-refractivity contribution in [2.75, 3.05) is 19.0 Å². The van der Waals surface area contributed by atoms with Gasteiger partial charge < -0.3 is 19.5 Å². The summed E-state index contributed by atoms with van der Waals surface area (Å²) in [4.78, 5) is 29.0. The van der Waals surface area contributed by atoms with Gasteiger partial charge in [0.15, 0.2) is 6.61 Å². The minimum atomic E-state index is -0.663. The van der Waals surface area contributed by atoms with E-state index >= 15 is 0 Å². The van der Waals surface area contributed by atoms with Gasteiger partial charge in [-0.1, -0.05) is 32.0 Å². The summed E-state index contributed by atoms with van der Waals surface area (Å²) in [6.07, 6.45) is 1.61. The van der Waals surface area contributed by atoms with E-state index in [0.29, 0.717) is 17.1 Å². The van der Waals surface area contributed by atoms with Crippen molar-refractivity contribution in [2.45, 2.75) is 53.8 Å². The first-order valence-corrected chi connectivity index (χ1v) is 9.94. The number of nitrogens with zero attached hydrogens (tertiary/aromatic N) is 1. The molecule has 7 heteroatoms. The third kappa shape index (κ3) is 7.73. The predicted octanol–water partition coefficient (Wildman–Crippen LogP) is 4.78. The van der Waals surface area contributed by atoms with Gasteiger partial charge in [-0.05, 0) is 45.4 Å². The van der Waals surface area contributed by atoms with Crippen LogP contribution >= 0.6 is 0 Å². The minimum Gasteiger partial charge on any atom is -0.482 e. The molecule has 0 aliphatic carbocycles. The van der Waals surface area contributed by atoms with Gasteiger partial charge in [0.25, 0.3) is 0 Å². The zero-order valence-corrected chi connectivity index (χ0v) is 18.9. The van der Waals surface area contributed by atoms with E-state index in [2.05, 4.69) is 10.3 Å². The van der Waals surface area contributed by atoms with Gasteiger partial charge in [0.05, 0.1) is 0 Å². The van der Waals surface area contributed by atoms with Crippen LogP contribution in [0.4, 0.5) is 5.82 Å². The van der Waals surface area contributed by atoms with E-state index in [9.17, 15) is 9.59 Å². The van der Waals surface area contributed by atoms with Crippen LogP contribution in [0.5, 0.6) is 5.75 Å². The number of anilines is 1. The third-order valence-corrected chi connectivity index (χ3v) is 3.72. The fraction of sp³-hybridized carbons (Fsp3) is 0.435. The fourth-order valence-corrected chi connectivity index (χ4v) is 2.42. The number of aromatic nitrogens is 1. The first kappa shape index (κ1) is 24.9. The molecule has 1 N–H and O–H groups in total. The highest BCUT2D eigenvalue weighted by Crippen LogP contribution is 2.25. The van der Waals surface area contributed by atoms with Crippen LogP contribution in [0.25, 0.3) is 0 Å². The normalized spacial score (nSPS) is 10.4. The van der Waals surface area contributed by atoms with E-state index in [0.717, 1.165) is 5.56 Å². The molecular formula is C23H34N2O5. The maximum atomic E-state index is 12.7. The highest BCUT2D eigenvalue weighted by Gasteiger charge is 2.25. The summed E-state index contributed by atoms with van der Waals surface area (Å²) in [6, 6.07) is 8.98. The molecule has 0 aliphatic rings. The molecule has 30 heavy (non-hydrogen) atoms. The minimum absolute atomic E-state index is 0. The molecule has 7 nitrogen and oxygen atoms in total. The van der Waals surface area contributed by atoms with Crippen molar-refractivity contribution < 1.29 is 25.2 Å². The van der Waals surface area contributed by atoms with Crippen molar-refractivity contribution >= 4 is 17.8 Å². The highest BCUT2D eigenvalue weighted by atomic mass is 16.6. The van der Waals surface area contributed by atoms with Gasteiger partial charge in [-0.2, -0.15) is 0 Å². The molecule has 0 radical (unpaired) electrons. The lowest BCUT2D eigenvalue weighted by atomic mass is 10.0. The van der Waals surface area contributed by atoms with Gasteiger partial charge in [0, 0.05) is 20.2 Å². The van der Waals surface area contributed by atoms with E-state index < -0.39 is 17.5 Å². The number of rotatable bonds is 7. The number of aryl methyl sites for hydroxylation is 1. The molecule has 1 heterocycles. The number of benzene rings is 1. The molecule has 1 aromatic heterocycles. The molecule has 0 spiro atoms. The Hall–Kier alpha value is -3.09. The van der Waals surface area contributed by atoms with Crippen molar-refractivity contribution in [3.05, 3.63) is 53.2 Å². The molecule has 1 aromatic carbocycles. The summed E-state index contributed by atoms with van der Waals surface area (Å²) in [6.45, 7) is 10.8. The summed E-state index contributed by atoms with van der Waals surface area (Å²) < 4.78 is 16.2. The standard InChI is InChI=1S/C21H26N2O5.C2H6.H2/c1-14-11-23-19(22-5)18(20(25)28-21(2,3)4)16(14)12-27-17(24)13-26-15-9-7-6-8-10-15;1-2;/h6-11H,12-13H2,1-5H3,(H,22,23);1-2H3;1H. The molecule has 0 atom stereocenters. The Kier molecular flexibility index (Phi) is 9.81. The Bertz CT molecular complexity index is 836. The van der Waals surface area contributed by atoms with E-state index in [4.69, 9.17) is 14.2 Å². The molecule has 0 amide bonds. The molecule has 0 fully saturated rings. The second-order valence-corrected chi connectivity index (χ2v) is 7.16. The van der Waals surface area contributed by atoms with Gasteiger partial charge in [0.2, 0.25) is 0 Å². The van der Waals surface area contributed by atoms with Crippen molar-refractivity contribution in [1.29, 1.82) is 0 Å². The van der Waals surface area contributed by atoms with Crippen molar-refractivity contribution in [2.24, 2.45) is 0 Å². The number of pyridine rings is 1. The number of para-hydroxylation sites is 1. The van der Waals surface area contributed by atoms with Crippen molar-refractivity contribution in [3.8, 4) is 5.75 Å². The van der Waals surface area contributed by atoms with Crippen LogP contribution < -0.4 is 10.1 Å². The zero-order chi connectivity index (χ0) is 22.7. The first-order valence-electron chi connectivity index (χ1n) is 9.94. The molecule has 166 valence electrons. The average Bonchev–Trinajstić information content (AvgIpc) is 2.72. The van der Waals surface area contributed by atoms with E-state index in [1.165, 1.54) is 0 Å². The molecule has 0 bridgehead atoms. The van der Waals surface area contributed by atoms with Gasteiger partial charge in [0.1, 0.15) is 29.3 Å². The molecule has 2 rings (SSSR count). The summed E-state index contributed by atoms with van der Waals surface area (Å²) in [5.41, 5.74) is 0.857. The predicted molar refractivity (Wildman–Crippen MR) is 119 cm³/mol. The zero-order valence-electron chi connectivity index (χ0n) is 18.9. The quantitative estimate of drug-likeness (QED) is 0.647. The van der Waals surface area contributed by atoms with Crippen LogP contribution in [0.2, 0.25) is 0 Å². The number of hydrogen-bond acceptors (Lipinski definition) is 7. The number of nitrogens with one attached hydrogen (secondary N) is 1. The lowest BCUT2D eigenvalue weighted by molar-refractivity contribution is -0.147. The van der Waals surface area contributed by atoms with Crippen LogP contribution in [-0.2, 0) is 20.9 Å². The molecular weight excluding hydrogens is 384 g/mol. The molecule has 0 saturated heterocycles. The monoisotopic (exact) mass is 418 g/mol. The molecule has 0 aliphatic heterocycles. The molecule has 0 saturated carbocycles. The van der Waals surface area contributed by atoms with Gasteiger partial charge >= 0.3 is 11.9 Å². The first-order chi connectivity index (χ1) is 14.2. The lowest BCUT2D eigenvalue weighted by Gasteiger charge is -2.22. The summed E-state index contributed by atoms with van der Waals surface area (Å²) >= 11 is 0. The van der Waals surface area contributed by atoms with Crippen LogP contribution in [0.3, 0.4) is 0 Å². The van der Waals surface area contributed by atoms with E-state index in [-0.39, 0.29) is 20.2 Å². The second-order valence-electron chi connectivity index (χ2n) is 7.16. The Labute approximate surface area is 180 Å². The second kappa shape index (κ2) is 11.8. The molecule has 0 unspecified atom stereocenters. The average molecular weight is 419 g/mol. The summed E-state index contributed by atoms with van der Waals surface area (Å²) in [7, 11) is 1.66. The van der Waals surface area contributed by atoms with Gasteiger partial charge in [-0.25, -0.2) is 14.6 Å². The fourth-order valence-electron chi connectivity index (χ4n) is 2.42. The number of ether oxygens (including phenoxy) is 3. The largest absolute Gasteiger partial charge is 0.482 e. The third-order valence-electron chi connectivity index (χ3n) is 3.72. The Balaban J connectivity index is 0.00000291. The smallest absolute Gasteiger partial charge is 0.344 e. The molecule has 2 aromatic rings. The Morgan fingerprint density at radius 3 is 2.33 bits per heavy atom. The van der Waals surface area contributed by atoms with Crippen LogP contribution in [0.1, 0.15) is 57.5 Å². The number of carbonyl (C=O) groups excluding carboxylic acids is 2. The van der Waals surface area contributed by atoms with E-state index in [1.807, 2.05) is 32.0 Å². The highest BCUT2D eigenvalue weighted by molar-refractivity contribution is 5.97. The van der Waals surface area contributed by atoms with Crippen LogP contribution in [-0.4, -0.2) is 36.2 Å². The number of hydrogen-bond donors (Lipinski definition) is 1.